The van der Waals surface area contributed by atoms with Gasteiger partial charge in [-0.2, -0.15) is 0 Å². The Morgan fingerprint density at radius 1 is 1.12 bits per heavy atom. The molecule has 2 heterocycles. The first kappa shape index (κ1) is 17.6. The summed E-state index contributed by atoms with van der Waals surface area (Å²) in [6.07, 6.45) is 2.97. The predicted octanol–water partition coefficient (Wildman–Crippen LogP) is 5.00. The van der Waals surface area contributed by atoms with Crippen molar-refractivity contribution in [2.24, 2.45) is 0 Å². The van der Waals surface area contributed by atoms with E-state index in [-0.39, 0.29) is 5.91 Å². The van der Waals surface area contributed by atoms with Gasteiger partial charge < -0.3 is 4.90 Å². The van der Waals surface area contributed by atoms with E-state index in [4.69, 9.17) is 12.2 Å². The standard InChI is InChI=1S/C18H20N2OS3/c1-4-12(16-17(21)20(6-3)18(22)24-16)11-15-19(5-2)13-9-7-8-10-14(13)23-15/h7-11H,4-6H2,1-3H3/b15-11?,16-12-. The first-order chi connectivity index (χ1) is 11.6. The van der Waals surface area contributed by atoms with E-state index in [2.05, 4.69) is 49.1 Å². The van der Waals surface area contributed by atoms with Gasteiger partial charge in [-0.1, -0.05) is 54.8 Å². The van der Waals surface area contributed by atoms with Crippen LogP contribution in [-0.2, 0) is 4.79 Å². The molecule has 0 unspecified atom stereocenters. The average Bonchev–Trinajstić information content (AvgIpc) is 3.08. The van der Waals surface area contributed by atoms with Crippen LogP contribution in [0.4, 0.5) is 5.69 Å². The number of likely N-dealkylation sites (N-methyl/N-ethyl adjacent to an activating group) is 1. The molecule has 0 N–H and O–H groups in total. The molecule has 0 aliphatic carbocycles. The molecule has 1 amide bonds. The Morgan fingerprint density at radius 2 is 1.83 bits per heavy atom. The van der Waals surface area contributed by atoms with Crippen molar-refractivity contribution in [1.29, 1.82) is 0 Å². The molecule has 0 spiro atoms. The summed E-state index contributed by atoms with van der Waals surface area (Å²) >= 11 is 8.54. The van der Waals surface area contributed by atoms with E-state index in [1.807, 2.05) is 6.92 Å². The number of rotatable bonds is 4. The Balaban J connectivity index is 1.99. The highest BCUT2D eigenvalue weighted by Gasteiger charge is 2.33. The van der Waals surface area contributed by atoms with Gasteiger partial charge in [0.25, 0.3) is 5.91 Å². The van der Waals surface area contributed by atoms with Crippen LogP contribution in [0, 0.1) is 0 Å². The highest BCUT2D eigenvalue weighted by molar-refractivity contribution is 8.26. The topological polar surface area (TPSA) is 23.6 Å². The second kappa shape index (κ2) is 7.33. The van der Waals surface area contributed by atoms with Crippen molar-refractivity contribution in [2.45, 2.75) is 32.1 Å². The number of amides is 1. The maximum atomic E-state index is 12.6. The van der Waals surface area contributed by atoms with E-state index < -0.39 is 0 Å². The summed E-state index contributed by atoms with van der Waals surface area (Å²) in [6.45, 7) is 7.73. The number of carbonyl (C=O) groups excluding carboxylic acids is 1. The third-order valence-electron chi connectivity index (χ3n) is 4.09. The summed E-state index contributed by atoms with van der Waals surface area (Å²) in [4.78, 5) is 18.6. The molecule has 1 fully saturated rings. The van der Waals surface area contributed by atoms with Crippen molar-refractivity contribution in [1.82, 2.24) is 4.90 Å². The second-order valence-corrected chi connectivity index (χ2v) is 8.13. The molecule has 1 aromatic carbocycles. The Kier molecular flexibility index (Phi) is 5.37. The average molecular weight is 377 g/mol. The lowest BCUT2D eigenvalue weighted by Crippen LogP contribution is -2.27. The number of para-hydroxylation sites is 1. The van der Waals surface area contributed by atoms with Crippen LogP contribution in [0.15, 0.2) is 50.7 Å². The number of benzene rings is 1. The van der Waals surface area contributed by atoms with Crippen molar-refractivity contribution in [3.8, 4) is 0 Å². The molecule has 1 saturated heterocycles. The van der Waals surface area contributed by atoms with Gasteiger partial charge in [0.1, 0.15) is 4.32 Å². The van der Waals surface area contributed by atoms with Gasteiger partial charge in [0.2, 0.25) is 0 Å². The van der Waals surface area contributed by atoms with E-state index in [1.165, 1.54) is 27.4 Å². The molecular formula is C18H20N2OS3. The monoisotopic (exact) mass is 376 g/mol. The third kappa shape index (κ3) is 3.03. The van der Waals surface area contributed by atoms with Gasteiger partial charge in [-0.25, -0.2) is 0 Å². The van der Waals surface area contributed by atoms with Crippen LogP contribution < -0.4 is 4.90 Å². The van der Waals surface area contributed by atoms with E-state index in [0.29, 0.717) is 10.9 Å². The number of nitrogens with zero attached hydrogens (tertiary/aromatic N) is 2. The fourth-order valence-electron chi connectivity index (χ4n) is 2.83. The first-order valence-corrected chi connectivity index (χ1v) is 10.2. The largest absolute Gasteiger partial charge is 0.335 e. The number of thioether (sulfide) groups is 2. The van der Waals surface area contributed by atoms with Gasteiger partial charge in [-0.05, 0) is 44.1 Å². The van der Waals surface area contributed by atoms with Crippen LogP contribution in [-0.4, -0.2) is 28.2 Å². The fourth-order valence-corrected chi connectivity index (χ4v) is 5.52. The number of anilines is 1. The molecule has 0 aromatic heterocycles. The Bertz CT molecular complexity index is 754. The molecule has 0 saturated carbocycles. The smallest absolute Gasteiger partial charge is 0.266 e. The lowest BCUT2D eigenvalue weighted by atomic mass is 10.1. The van der Waals surface area contributed by atoms with Gasteiger partial charge in [-0.15, -0.1) is 0 Å². The van der Waals surface area contributed by atoms with Gasteiger partial charge >= 0.3 is 0 Å². The molecule has 126 valence electrons. The number of hydrogen-bond donors (Lipinski definition) is 0. The van der Waals surface area contributed by atoms with Crippen molar-refractivity contribution < 1.29 is 4.79 Å². The molecule has 24 heavy (non-hydrogen) atoms. The molecule has 0 radical (unpaired) electrons. The van der Waals surface area contributed by atoms with Crippen molar-refractivity contribution >= 4 is 51.7 Å². The molecule has 3 nitrogen and oxygen atoms in total. The second-order valence-electron chi connectivity index (χ2n) is 5.42. The van der Waals surface area contributed by atoms with Crippen LogP contribution in [0.5, 0.6) is 0 Å². The van der Waals surface area contributed by atoms with E-state index in [9.17, 15) is 4.79 Å². The van der Waals surface area contributed by atoms with Crippen LogP contribution >= 0.6 is 35.7 Å². The van der Waals surface area contributed by atoms with Gasteiger partial charge in [0, 0.05) is 18.0 Å². The van der Waals surface area contributed by atoms with Gasteiger partial charge in [0.15, 0.2) is 0 Å². The number of carbonyl (C=O) groups is 1. The minimum Gasteiger partial charge on any atom is -0.335 e. The number of fused-ring (bicyclic) bond motifs is 1. The van der Waals surface area contributed by atoms with E-state index >= 15 is 0 Å². The molecular weight excluding hydrogens is 356 g/mol. The van der Waals surface area contributed by atoms with Crippen molar-refractivity contribution in [3.05, 3.63) is 45.8 Å². The molecule has 3 rings (SSSR count). The predicted molar refractivity (Wildman–Crippen MR) is 108 cm³/mol. The minimum atomic E-state index is 0.0461. The fraction of sp³-hybridized carbons (Fsp3) is 0.333. The summed E-state index contributed by atoms with van der Waals surface area (Å²) in [6, 6.07) is 8.42. The summed E-state index contributed by atoms with van der Waals surface area (Å²) in [5.41, 5.74) is 2.31. The summed E-state index contributed by atoms with van der Waals surface area (Å²) in [7, 11) is 0. The first-order valence-electron chi connectivity index (χ1n) is 8.13. The van der Waals surface area contributed by atoms with Crippen LogP contribution in [0.25, 0.3) is 0 Å². The van der Waals surface area contributed by atoms with E-state index in [1.54, 1.807) is 16.7 Å². The summed E-state index contributed by atoms with van der Waals surface area (Å²) < 4.78 is 0.663. The zero-order chi connectivity index (χ0) is 17.3. The molecule has 0 atom stereocenters. The maximum absolute atomic E-state index is 12.6. The normalized spacial score (nSPS) is 21.0. The summed E-state index contributed by atoms with van der Waals surface area (Å²) in [5, 5.41) is 1.18. The Hall–Kier alpha value is -1.24. The van der Waals surface area contributed by atoms with Crippen molar-refractivity contribution in [2.75, 3.05) is 18.0 Å². The van der Waals surface area contributed by atoms with Crippen LogP contribution in [0.2, 0.25) is 0 Å². The third-order valence-corrected chi connectivity index (χ3v) is 6.71. The zero-order valence-electron chi connectivity index (χ0n) is 14.0. The highest BCUT2D eigenvalue weighted by atomic mass is 32.2. The van der Waals surface area contributed by atoms with Gasteiger partial charge in [0.05, 0.1) is 15.6 Å². The highest BCUT2D eigenvalue weighted by Crippen LogP contribution is 2.46. The van der Waals surface area contributed by atoms with Crippen molar-refractivity contribution in [3.63, 3.8) is 0 Å². The lowest BCUT2D eigenvalue weighted by Gasteiger charge is -2.18. The Morgan fingerprint density at radius 3 is 2.46 bits per heavy atom. The molecule has 0 bridgehead atoms. The quantitative estimate of drug-likeness (QED) is 0.543. The zero-order valence-corrected chi connectivity index (χ0v) is 16.5. The van der Waals surface area contributed by atoms with E-state index in [0.717, 1.165) is 23.4 Å². The molecule has 2 aliphatic heterocycles. The number of thiocarbonyl (C=S) groups is 1. The minimum absolute atomic E-state index is 0.0461. The Labute approximate surface area is 157 Å². The van der Waals surface area contributed by atoms with Gasteiger partial charge in [-0.3, -0.25) is 9.69 Å². The summed E-state index contributed by atoms with van der Waals surface area (Å²) in [5.74, 6) is 0.0461. The number of hydrogen-bond acceptors (Lipinski definition) is 5. The van der Waals surface area contributed by atoms with Crippen LogP contribution in [0.3, 0.4) is 0 Å². The molecule has 1 aromatic rings. The maximum Gasteiger partial charge on any atom is 0.266 e. The number of allylic oxidation sites excluding steroid dienone is 2. The molecule has 2 aliphatic rings. The lowest BCUT2D eigenvalue weighted by molar-refractivity contribution is -0.122. The van der Waals surface area contributed by atoms with Crippen LogP contribution in [0.1, 0.15) is 27.2 Å². The SMILES string of the molecule is CC/C(C=C1Sc2ccccc2N1CC)=C1/SC(=S)N(CC)C1=O. The molecule has 6 heteroatoms.